The Labute approximate surface area is 152 Å². The van der Waals surface area contributed by atoms with Gasteiger partial charge in [0.2, 0.25) is 0 Å². The van der Waals surface area contributed by atoms with Gasteiger partial charge in [-0.25, -0.2) is 22.9 Å². The average molecular weight is 404 g/mol. The molecule has 0 aliphatic heterocycles. The number of aromatic nitrogens is 3. The van der Waals surface area contributed by atoms with Gasteiger partial charge < -0.3 is 10.4 Å². The van der Waals surface area contributed by atoms with Crippen LogP contribution in [0.15, 0.2) is 35.5 Å². The summed E-state index contributed by atoms with van der Waals surface area (Å²) in [5, 5.41) is 14.9. The van der Waals surface area contributed by atoms with Crippen molar-refractivity contribution < 1.29 is 31.5 Å². The Morgan fingerprint density at radius 3 is 2.41 bits per heavy atom. The number of hydrogen-bond acceptors (Lipinski definition) is 6. The molecule has 2 heterocycles. The SMILES string of the molecule is C=C(C)CNc1c(C(=O)O)c(C(F)(F)F)nn1-c1ccc(S(C)(=O)=O)nc1. The van der Waals surface area contributed by atoms with Crippen LogP contribution >= 0.6 is 0 Å². The molecular formula is C15H15F3N4O4S. The van der Waals surface area contributed by atoms with E-state index in [1.807, 2.05) is 0 Å². The predicted molar refractivity (Wildman–Crippen MR) is 89.7 cm³/mol. The Morgan fingerprint density at radius 1 is 1.37 bits per heavy atom. The van der Waals surface area contributed by atoms with Gasteiger partial charge in [-0.3, -0.25) is 0 Å². The van der Waals surface area contributed by atoms with E-state index in [1.54, 1.807) is 6.92 Å². The Balaban J connectivity index is 2.70. The van der Waals surface area contributed by atoms with Gasteiger partial charge in [0.05, 0.1) is 11.9 Å². The first-order chi connectivity index (χ1) is 12.3. The predicted octanol–water partition coefficient (Wildman–Crippen LogP) is 2.38. The van der Waals surface area contributed by atoms with Crippen LogP contribution in [0.2, 0.25) is 0 Å². The second-order valence-corrected chi connectivity index (χ2v) is 7.69. The van der Waals surface area contributed by atoms with Crippen LogP contribution < -0.4 is 5.32 Å². The lowest BCUT2D eigenvalue weighted by Crippen LogP contribution is -2.14. The Morgan fingerprint density at radius 2 is 2.00 bits per heavy atom. The smallest absolute Gasteiger partial charge is 0.436 e. The third kappa shape index (κ3) is 4.45. The lowest BCUT2D eigenvalue weighted by molar-refractivity contribution is -0.141. The lowest BCUT2D eigenvalue weighted by atomic mass is 10.2. The van der Waals surface area contributed by atoms with Crippen molar-refractivity contribution >= 4 is 21.6 Å². The van der Waals surface area contributed by atoms with E-state index >= 15 is 0 Å². The number of alkyl halides is 3. The van der Waals surface area contributed by atoms with E-state index in [-0.39, 0.29) is 17.3 Å². The molecule has 0 atom stereocenters. The summed E-state index contributed by atoms with van der Waals surface area (Å²) in [6, 6.07) is 2.26. The van der Waals surface area contributed by atoms with Crippen molar-refractivity contribution in [2.45, 2.75) is 18.1 Å². The van der Waals surface area contributed by atoms with Crippen LogP contribution in [0.25, 0.3) is 5.69 Å². The lowest BCUT2D eigenvalue weighted by Gasteiger charge is -2.11. The fourth-order valence-corrected chi connectivity index (χ4v) is 2.68. The number of pyridine rings is 1. The van der Waals surface area contributed by atoms with Crippen molar-refractivity contribution in [2.24, 2.45) is 0 Å². The average Bonchev–Trinajstić information content (AvgIpc) is 2.92. The minimum atomic E-state index is -5.02. The van der Waals surface area contributed by atoms with Crippen molar-refractivity contribution in [3.8, 4) is 5.69 Å². The van der Waals surface area contributed by atoms with E-state index in [0.717, 1.165) is 18.5 Å². The number of carbonyl (C=O) groups is 1. The maximum absolute atomic E-state index is 13.3. The second kappa shape index (κ2) is 7.02. The zero-order valence-electron chi connectivity index (χ0n) is 14.2. The molecule has 0 unspecified atom stereocenters. The molecule has 0 radical (unpaired) electrons. The summed E-state index contributed by atoms with van der Waals surface area (Å²) in [6.07, 6.45) is -3.10. The fourth-order valence-electron chi connectivity index (χ4n) is 2.12. The highest BCUT2D eigenvalue weighted by Gasteiger charge is 2.42. The van der Waals surface area contributed by atoms with Gasteiger partial charge in [-0.05, 0) is 19.1 Å². The van der Waals surface area contributed by atoms with Gasteiger partial charge in [-0.1, -0.05) is 12.2 Å². The van der Waals surface area contributed by atoms with Gasteiger partial charge in [-0.2, -0.15) is 18.3 Å². The van der Waals surface area contributed by atoms with Crippen LogP contribution in [-0.4, -0.2) is 47.1 Å². The number of carboxylic acid groups (broad SMARTS) is 1. The highest BCUT2D eigenvalue weighted by atomic mass is 32.2. The van der Waals surface area contributed by atoms with Crippen LogP contribution in [0.1, 0.15) is 23.0 Å². The number of carboxylic acids is 1. The molecule has 2 rings (SSSR count). The summed E-state index contributed by atoms with van der Waals surface area (Å²) in [6.45, 7) is 5.20. The molecule has 0 aliphatic carbocycles. The molecule has 146 valence electrons. The second-order valence-electron chi connectivity index (χ2n) is 5.72. The summed E-state index contributed by atoms with van der Waals surface area (Å²) >= 11 is 0. The van der Waals surface area contributed by atoms with Gasteiger partial charge in [0, 0.05) is 12.8 Å². The molecule has 0 aliphatic rings. The van der Waals surface area contributed by atoms with E-state index in [2.05, 4.69) is 22.0 Å². The van der Waals surface area contributed by atoms with E-state index in [9.17, 15) is 31.5 Å². The Hall–Kier alpha value is -2.89. The number of sulfone groups is 1. The molecule has 0 spiro atoms. The molecule has 2 aromatic heterocycles. The normalized spacial score (nSPS) is 12.0. The molecule has 0 bridgehead atoms. The van der Waals surface area contributed by atoms with E-state index in [4.69, 9.17) is 0 Å². The van der Waals surface area contributed by atoms with Crippen LogP contribution in [0.5, 0.6) is 0 Å². The topological polar surface area (TPSA) is 114 Å². The molecule has 0 amide bonds. The Kier molecular flexibility index (Phi) is 5.31. The third-order valence-electron chi connectivity index (χ3n) is 3.27. The summed E-state index contributed by atoms with van der Waals surface area (Å²) in [7, 11) is -3.62. The number of nitrogens with one attached hydrogen (secondary N) is 1. The van der Waals surface area contributed by atoms with Crippen molar-refractivity contribution in [2.75, 3.05) is 18.1 Å². The van der Waals surface area contributed by atoms with Gasteiger partial charge >= 0.3 is 12.1 Å². The summed E-state index contributed by atoms with van der Waals surface area (Å²) in [5.41, 5.74) is -2.16. The van der Waals surface area contributed by atoms with Crippen molar-refractivity contribution in [1.82, 2.24) is 14.8 Å². The maximum atomic E-state index is 13.3. The number of nitrogens with zero attached hydrogens (tertiary/aromatic N) is 3. The number of aromatic carboxylic acids is 1. The minimum absolute atomic E-state index is 0.00186. The molecule has 2 aromatic rings. The van der Waals surface area contributed by atoms with Crippen molar-refractivity contribution in [1.29, 1.82) is 0 Å². The van der Waals surface area contributed by atoms with Crippen LogP contribution in [0.3, 0.4) is 0 Å². The first-order valence-electron chi connectivity index (χ1n) is 7.30. The number of hydrogen-bond donors (Lipinski definition) is 2. The molecule has 8 nitrogen and oxygen atoms in total. The maximum Gasteiger partial charge on any atom is 0.436 e. The van der Waals surface area contributed by atoms with Crippen LogP contribution in [-0.2, 0) is 16.0 Å². The monoisotopic (exact) mass is 404 g/mol. The van der Waals surface area contributed by atoms with Gasteiger partial charge in [0.15, 0.2) is 20.6 Å². The largest absolute Gasteiger partial charge is 0.477 e. The van der Waals surface area contributed by atoms with Gasteiger partial charge in [-0.15, -0.1) is 0 Å². The molecule has 27 heavy (non-hydrogen) atoms. The molecule has 0 saturated heterocycles. The quantitative estimate of drug-likeness (QED) is 0.711. The summed E-state index contributed by atoms with van der Waals surface area (Å²) < 4.78 is 63.4. The van der Waals surface area contributed by atoms with Gasteiger partial charge in [0.25, 0.3) is 0 Å². The molecule has 2 N–H and O–H groups in total. The summed E-state index contributed by atoms with van der Waals surface area (Å²) in [5.74, 6) is -2.25. The summed E-state index contributed by atoms with van der Waals surface area (Å²) in [4.78, 5) is 15.1. The molecule has 0 fully saturated rings. The van der Waals surface area contributed by atoms with Crippen molar-refractivity contribution in [3.05, 3.63) is 41.7 Å². The van der Waals surface area contributed by atoms with E-state index in [0.29, 0.717) is 10.3 Å². The van der Waals surface area contributed by atoms with E-state index < -0.39 is 39.1 Å². The zero-order chi connectivity index (χ0) is 20.6. The highest BCUT2D eigenvalue weighted by Crippen LogP contribution is 2.36. The first kappa shape index (κ1) is 20.4. The molecule has 0 aromatic carbocycles. The van der Waals surface area contributed by atoms with Crippen molar-refractivity contribution in [3.63, 3.8) is 0 Å². The minimum Gasteiger partial charge on any atom is -0.477 e. The van der Waals surface area contributed by atoms with Crippen LogP contribution in [0, 0.1) is 0 Å². The molecule has 12 heteroatoms. The zero-order valence-corrected chi connectivity index (χ0v) is 15.0. The van der Waals surface area contributed by atoms with E-state index in [1.165, 1.54) is 6.07 Å². The third-order valence-corrected chi connectivity index (χ3v) is 4.27. The van der Waals surface area contributed by atoms with Crippen LogP contribution in [0.4, 0.5) is 19.0 Å². The Bertz CT molecular complexity index is 995. The number of anilines is 1. The fraction of sp³-hybridized carbons (Fsp3) is 0.267. The number of halogens is 3. The number of rotatable bonds is 6. The van der Waals surface area contributed by atoms with Gasteiger partial charge in [0.1, 0.15) is 11.4 Å². The highest BCUT2D eigenvalue weighted by molar-refractivity contribution is 7.90. The molecule has 0 saturated carbocycles. The molecular weight excluding hydrogens is 389 g/mol. The first-order valence-corrected chi connectivity index (χ1v) is 9.19. The standard InChI is InChI=1S/C15H15F3N4O4S/c1-8(2)6-20-13-11(14(23)24)12(15(16,17)18)21-22(13)9-4-5-10(19-7-9)27(3,25)26/h4-5,7,20H,1,6H2,2-3H3,(H,23,24).